The van der Waals surface area contributed by atoms with Crippen molar-refractivity contribution in [1.29, 1.82) is 0 Å². The highest BCUT2D eigenvalue weighted by Gasteiger charge is 2.13. The third kappa shape index (κ3) is 3.23. The second kappa shape index (κ2) is 5.87. The summed E-state index contributed by atoms with van der Waals surface area (Å²) in [7, 11) is 0. The van der Waals surface area contributed by atoms with Crippen LogP contribution in [-0.2, 0) is 6.54 Å². The van der Waals surface area contributed by atoms with Gasteiger partial charge in [0.25, 0.3) is 0 Å². The number of phenols is 1. The summed E-state index contributed by atoms with van der Waals surface area (Å²) in [6.07, 6.45) is 4.99. The molecule has 1 heterocycles. The van der Waals surface area contributed by atoms with Gasteiger partial charge in [0, 0.05) is 6.54 Å². The molecule has 0 aromatic heterocycles. The molecule has 0 aliphatic carbocycles. The first-order valence-corrected chi connectivity index (χ1v) is 6.44. The lowest BCUT2D eigenvalue weighted by Gasteiger charge is -2.20. The zero-order valence-electron chi connectivity index (χ0n) is 10.4. The van der Waals surface area contributed by atoms with E-state index >= 15 is 0 Å². The lowest BCUT2D eigenvalue weighted by molar-refractivity contribution is 0.0693. The zero-order chi connectivity index (χ0) is 13.0. The van der Waals surface area contributed by atoms with Gasteiger partial charge < -0.3 is 10.2 Å². The van der Waals surface area contributed by atoms with Crippen molar-refractivity contribution in [2.75, 3.05) is 13.1 Å². The van der Waals surface area contributed by atoms with Crippen LogP contribution in [0.4, 0.5) is 0 Å². The van der Waals surface area contributed by atoms with Gasteiger partial charge >= 0.3 is 5.97 Å². The van der Waals surface area contributed by atoms with E-state index in [1.54, 1.807) is 12.1 Å². The molecular formula is C14H19NO3. The molecule has 0 bridgehead atoms. The molecule has 1 aliphatic rings. The summed E-state index contributed by atoms with van der Waals surface area (Å²) in [5, 5.41) is 18.4. The molecule has 0 amide bonds. The molecule has 18 heavy (non-hydrogen) atoms. The Morgan fingerprint density at radius 2 is 1.83 bits per heavy atom. The molecule has 4 heteroatoms. The summed E-state index contributed by atoms with van der Waals surface area (Å²) in [4.78, 5) is 13.3. The Balaban J connectivity index is 2.08. The lowest BCUT2D eigenvalue weighted by Crippen LogP contribution is -2.24. The number of hydrogen-bond acceptors (Lipinski definition) is 3. The number of benzene rings is 1. The van der Waals surface area contributed by atoms with Gasteiger partial charge in [-0.2, -0.15) is 0 Å². The number of likely N-dealkylation sites (tertiary alicyclic amines) is 1. The molecule has 1 saturated heterocycles. The summed E-state index contributed by atoms with van der Waals surface area (Å²) < 4.78 is 0. The van der Waals surface area contributed by atoms with Crippen LogP contribution in [-0.4, -0.2) is 34.2 Å². The zero-order valence-corrected chi connectivity index (χ0v) is 10.4. The third-order valence-corrected chi connectivity index (χ3v) is 3.40. The second-order valence-electron chi connectivity index (χ2n) is 4.85. The van der Waals surface area contributed by atoms with E-state index in [0.717, 1.165) is 25.2 Å². The SMILES string of the molecule is O=C(O)c1cc(CN2CCCCCC2)ccc1O. The summed E-state index contributed by atoms with van der Waals surface area (Å²) >= 11 is 0. The van der Waals surface area contributed by atoms with Gasteiger partial charge in [-0.15, -0.1) is 0 Å². The molecule has 0 atom stereocenters. The van der Waals surface area contributed by atoms with E-state index in [-0.39, 0.29) is 11.3 Å². The van der Waals surface area contributed by atoms with Crippen LogP contribution in [0.25, 0.3) is 0 Å². The van der Waals surface area contributed by atoms with Crippen LogP contribution < -0.4 is 0 Å². The lowest BCUT2D eigenvalue weighted by atomic mass is 10.1. The van der Waals surface area contributed by atoms with E-state index in [0.29, 0.717) is 0 Å². The molecule has 4 nitrogen and oxygen atoms in total. The molecule has 2 N–H and O–H groups in total. The van der Waals surface area contributed by atoms with Crippen molar-refractivity contribution >= 4 is 5.97 Å². The van der Waals surface area contributed by atoms with E-state index in [4.69, 9.17) is 5.11 Å². The third-order valence-electron chi connectivity index (χ3n) is 3.40. The largest absolute Gasteiger partial charge is 0.507 e. The van der Waals surface area contributed by atoms with E-state index in [1.807, 2.05) is 0 Å². The van der Waals surface area contributed by atoms with Crippen LogP contribution in [0.1, 0.15) is 41.6 Å². The van der Waals surface area contributed by atoms with Crippen molar-refractivity contribution in [1.82, 2.24) is 4.90 Å². The number of aromatic hydroxyl groups is 1. The number of carbonyl (C=O) groups is 1. The molecule has 1 aliphatic heterocycles. The number of rotatable bonds is 3. The van der Waals surface area contributed by atoms with Crippen molar-refractivity contribution in [2.24, 2.45) is 0 Å². The van der Waals surface area contributed by atoms with Crippen LogP contribution in [0.2, 0.25) is 0 Å². The summed E-state index contributed by atoms with van der Waals surface area (Å²) in [5.74, 6) is -1.24. The van der Waals surface area contributed by atoms with Gasteiger partial charge in [0.15, 0.2) is 0 Å². The van der Waals surface area contributed by atoms with Crippen molar-refractivity contribution < 1.29 is 15.0 Å². The molecule has 98 valence electrons. The van der Waals surface area contributed by atoms with Gasteiger partial charge in [0.2, 0.25) is 0 Å². The molecule has 2 rings (SSSR count). The Bertz CT molecular complexity index is 423. The van der Waals surface area contributed by atoms with Gasteiger partial charge in [-0.3, -0.25) is 4.90 Å². The number of carboxylic acid groups (broad SMARTS) is 1. The maximum atomic E-state index is 10.9. The number of carboxylic acids is 1. The minimum atomic E-state index is -1.08. The average molecular weight is 249 g/mol. The highest BCUT2D eigenvalue weighted by molar-refractivity contribution is 5.90. The van der Waals surface area contributed by atoms with Gasteiger partial charge in [-0.25, -0.2) is 4.79 Å². The van der Waals surface area contributed by atoms with E-state index in [2.05, 4.69) is 4.90 Å². The quantitative estimate of drug-likeness (QED) is 0.864. The first kappa shape index (κ1) is 12.9. The molecule has 0 unspecified atom stereocenters. The molecule has 1 fully saturated rings. The Morgan fingerprint density at radius 1 is 1.17 bits per heavy atom. The van der Waals surface area contributed by atoms with E-state index < -0.39 is 5.97 Å². The fourth-order valence-electron chi connectivity index (χ4n) is 2.41. The first-order chi connectivity index (χ1) is 8.66. The van der Waals surface area contributed by atoms with Crippen LogP contribution in [0, 0.1) is 0 Å². The van der Waals surface area contributed by atoms with Crippen molar-refractivity contribution in [2.45, 2.75) is 32.2 Å². The monoisotopic (exact) mass is 249 g/mol. The van der Waals surface area contributed by atoms with Crippen molar-refractivity contribution in [3.63, 3.8) is 0 Å². The standard InChI is InChI=1S/C14H19NO3/c16-13-6-5-11(9-12(13)14(17)18)10-15-7-3-1-2-4-8-15/h5-6,9,16H,1-4,7-8,10H2,(H,17,18). The minimum Gasteiger partial charge on any atom is -0.507 e. The van der Waals surface area contributed by atoms with Crippen LogP contribution in [0.5, 0.6) is 5.75 Å². The van der Waals surface area contributed by atoms with E-state index in [1.165, 1.54) is 31.7 Å². The van der Waals surface area contributed by atoms with Crippen molar-refractivity contribution in [3.05, 3.63) is 29.3 Å². The maximum Gasteiger partial charge on any atom is 0.339 e. The summed E-state index contributed by atoms with van der Waals surface area (Å²) in [6, 6.07) is 4.84. The van der Waals surface area contributed by atoms with Crippen LogP contribution in [0.15, 0.2) is 18.2 Å². The van der Waals surface area contributed by atoms with Gasteiger partial charge in [0.05, 0.1) is 0 Å². The predicted octanol–water partition coefficient (Wildman–Crippen LogP) is 2.47. The Labute approximate surface area is 107 Å². The highest BCUT2D eigenvalue weighted by Crippen LogP contribution is 2.20. The molecule has 0 radical (unpaired) electrons. The summed E-state index contributed by atoms with van der Waals surface area (Å²) in [6.45, 7) is 2.91. The van der Waals surface area contributed by atoms with Crippen molar-refractivity contribution in [3.8, 4) is 5.75 Å². The average Bonchev–Trinajstić information content (AvgIpc) is 2.60. The number of nitrogens with zero attached hydrogens (tertiary/aromatic N) is 1. The molecule has 0 spiro atoms. The Hall–Kier alpha value is -1.55. The van der Waals surface area contributed by atoms with Gasteiger partial charge in [-0.05, 0) is 43.6 Å². The highest BCUT2D eigenvalue weighted by atomic mass is 16.4. The Morgan fingerprint density at radius 3 is 2.44 bits per heavy atom. The molecular weight excluding hydrogens is 230 g/mol. The number of aromatic carboxylic acids is 1. The van der Waals surface area contributed by atoms with Crippen LogP contribution in [0.3, 0.4) is 0 Å². The van der Waals surface area contributed by atoms with Gasteiger partial charge in [0.1, 0.15) is 11.3 Å². The molecule has 0 saturated carbocycles. The molecule has 1 aromatic carbocycles. The van der Waals surface area contributed by atoms with E-state index in [9.17, 15) is 9.90 Å². The molecule has 1 aromatic rings. The topological polar surface area (TPSA) is 60.8 Å². The van der Waals surface area contributed by atoms with Gasteiger partial charge in [-0.1, -0.05) is 18.9 Å². The number of hydrogen-bond donors (Lipinski definition) is 2. The van der Waals surface area contributed by atoms with Crippen LogP contribution >= 0.6 is 0 Å². The maximum absolute atomic E-state index is 10.9. The fraction of sp³-hybridized carbons (Fsp3) is 0.500. The summed E-state index contributed by atoms with van der Waals surface area (Å²) in [5.41, 5.74) is 0.939. The minimum absolute atomic E-state index is 0.0117. The first-order valence-electron chi connectivity index (χ1n) is 6.44. The fourth-order valence-corrected chi connectivity index (χ4v) is 2.41. The normalized spacial score (nSPS) is 17.3. The Kier molecular flexibility index (Phi) is 4.20. The predicted molar refractivity (Wildman–Crippen MR) is 68.8 cm³/mol. The second-order valence-corrected chi connectivity index (χ2v) is 4.85. The smallest absolute Gasteiger partial charge is 0.339 e.